The van der Waals surface area contributed by atoms with Crippen LogP contribution in [0.3, 0.4) is 0 Å². The zero-order valence-corrected chi connectivity index (χ0v) is 15.9. The Bertz CT molecular complexity index is 340. The summed E-state index contributed by atoms with van der Waals surface area (Å²) in [6, 6.07) is 7.20. The molecule has 0 bridgehead atoms. The Morgan fingerprint density at radius 1 is 0.955 bits per heavy atom. The van der Waals surface area contributed by atoms with E-state index in [1.54, 1.807) is 25.2 Å². The number of anilines is 1. The number of likely N-dealkylation sites (N-methyl/N-ethyl adjacent to an activating group) is 1. The second kappa shape index (κ2) is 27.5. The SMILES string of the molecule is CC.CC.CC.CC.CNC(=O)Cc1ccccc1NC=O. The Balaban J connectivity index is -0.000000175. The topological polar surface area (TPSA) is 58.2 Å². The first-order valence-electron chi connectivity index (χ1n) is 8.26. The van der Waals surface area contributed by atoms with Gasteiger partial charge in [-0.05, 0) is 11.6 Å². The normalized spacial score (nSPS) is 6.95. The van der Waals surface area contributed by atoms with Gasteiger partial charge >= 0.3 is 0 Å². The number of nitrogens with one attached hydrogen (secondary N) is 2. The van der Waals surface area contributed by atoms with Crippen LogP contribution in [-0.2, 0) is 16.0 Å². The predicted molar refractivity (Wildman–Crippen MR) is 99.3 cm³/mol. The molecule has 0 radical (unpaired) electrons. The number of hydrogen-bond donors (Lipinski definition) is 2. The molecular weight excluding hydrogens is 276 g/mol. The summed E-state index contributed by atoms with van der Waals surface area (Å²) >= 11 is 0. The third-order valence-electron chi connectivity index (χ3n) is 1.86. The van der Waals surface area contributed by atoms with E-state index in [1.165, 1.54) is 0 Å². The third kappa shape index (κ3) is 16.2. The van der Waals surface area contributed by atoms with E-state index in [0.29, 0.717) is 12.1 Å². The lowest BCUT2D eigenvalue weighted by Gasteiger charge is -2.06. The van der Waals surface area contributed by atoms with Crippen LogP contribution in [0.15, 0.2) is 24.3 Å². The molecule has 4 heteroatoms. The standard InChI is InChI=1S/C10H12N2O2.4C2H6/c1-11-10(14)6-8-4-2-3-5-9(8)12-7-13;4*1-2/h2-5,7H,6H2,1H3,(H,11,14)(H,12,13);4*1-2H3. The molecule has 22 heavy (non-hydrogen) atoms. The van der Waals surface area contributed by atoms with Crippen LogP contribution in [0.5, 0.6) is 0 Å². The third-order valence-corrected chi connectivity index (χ3v) is 1.86. The van der Waals surface area contributed by atoms with Gasteiger partial charge in [0.05, 0.1) is 6.42 Å². The van der Waals surface area contributed by atoms with Gasteiger partial charge in [-0.3, -0.25) is 9.59 Å². The van der Waals surface area contributed by atoms with Crippen LogP contribution in [0.4, 0.5) is 5.69 Å². The molecule has 0 saturated carbocycles. The van der Waals surface area contributed by atoms with Crippen molar-refractivity contribution in [2.45, 2.75) is 61.8 Å². The summed E-state index contributed by atoms with van der Waals surface area (Å²) in [4.78, 5) is 21.4. The Kier molecular flexibility index (Phi) is 35.4. The highest BCUT2D eigenvalue weighted by atomic mass is 16.1. The number of para-hydroxylation sites is 1. The first-order valence-corrected chi connectivity index (χ1v) is 8.26. The summed E-state index contributed by atoms with van der Waals surface area (Å²) in [7, 11) is 1.58. The van der Waals surface area contributed by atoms with Crippen molar-refractivity contribution in [2.24, 2.45) is 0 Å². The molecule has 0 atom stereocenters. The second-order valence-electron chi connectivity index (χ2n) is 2.77. The molecule has 0 fully saturated rings. The fourth-order valence-electron chi connectivity index (χ4n) is 1.14. The molecule has 0 saturated heterocycles. The van der Waals surface area contributed by atoms with Crippen LogP contribution in [0.2, 0.25) is 0 Å². The van der Waals surface area contributed by atoms with Gasteiger partial charge in [0.15, 0.2) is 0 Å². The summed E-state index contributed by atoms with van der Waals surface area (Å²) in [6.45, 7) is 16.0. The highest BCUT2D eigenvalue weighted by Crippen LogP contribution is 2.14. The molecule has 4 nitrogen and oxygen atoms in total. The smallest absolute Gasteiger partial charge is 0.224 e. The monoisotopic (exact) mass is 312 g/mol. The van der Waals surface area contributed by atoms with Gasteiger partial charge in [-0.25, -0.2) is 0 Å². The Morgan fingerprint density at radius 3 is 1.82 bits per heavy atom. The maximum Gasteiger partial charge on any atom is 0.224 e. The van der Waals surface area contributed by atoms with E-state index in [1.807, 2.05) is 61.5 Å². The van der Waals surface area contributed by atoms with Gasteiger partial charge in [0, 0.05) is 12.7 Å². The quantitative estimate of drug-likeness (QED) is 0.795. The zero-order chi connectivity index (χ0) is 18.4. The number of rotatable bonds is 4. The molecule has 1 aromatic carbocycles. The van der Waals surface area contributed by atoms with Crippen molar-refractivity contribution in [2.75, 3.05) is 12.4 Å². The summed E-state index contributed by atoms with van der Waals surface area (Å²) in [5.41, 5.74) is 1.48. The summed E-state index contributed by atoms with van der Waals surface area (Å²) in [5, 5.41) is 5.07. The molecule has 0 unspecified atom stereocenters. The van der Waals surface area contributed by atoms with E-state index in [0.717, 1.165) is 5.56 Å². The molecule has 1 rings (SSSR count). The first kappa shape index (κ1) is 28.3. The van der Waals surface area contributed by atoms with Crippen molar-refractivity contribution in [3.8, 4) is 0 Å². The van der Waals surface area contributed by atoms with Gasteiger partial charge in [-0.15, -0.1) is 0 Å². The molecule has 130 valence electrons. The largest absolute Gasteiger partial charge is 0.359 e. The van der Waals surface area contributed by atoms with Gasteiger partial charge in [-0.2, -0.15) is 0 Å². The van der Waals surface area contributed by atoms with E-state index < -0.39 is 0 Å². The van der Waals surface area contributed by atoms with Gasteiger partial charge < -0.3 is 10.6 Å². The van der Waals surface area contributed by atoms with Crippen LogP contribution < -0.4 is 10.6 Å². The van der Waals surface area contributed by atoms with E-state index in [2.05, 4.69) is 10.6 Å². The number of amides is 2. The average molecular weight is 312 g/mol. The fraction of sp³-hybridized carbons (Fsp3) is 0.556. The van der Waals surface area contributed by atoms with Crippen molar-refractivity contribution in [3.63, 3.8) is 0 Å². The molecular formula is C18H36N2O2. The maximum absolute atomic E-state index is 11.1. The molecule has 0 aliphatic rings. The number of carbonyl (C=O) groups excluding carboxylic acids is 2. The van der Waals surface area contributed by atoms with Crippen LogP contribution in [0.1, 0.15) is 61.0 Å². The van der Waals surface area contributed by atoms with Crippen LogP contribution in [0.25, 0.3) is 0 Å². The minimum absolute atomic E-state index is 0.0786. The number of benzene rings is 1. The molecule has 0 spiro atoms. The van der Waals surface area contributed by atoms with Gasteiger partial charge in [0.2, 0.25) is 12.3 Å². The lowest BCUT2D eigenvalue weighted by atomic mass is 10.1. The van der Waals surface area contributed by atoms with Gasteiger partial charge in [-0.1, -0.05) is 73.6 Å². The highest BCUT2D eigenvalue weighted by Gasteiger charge is 2.04. The van der Waals surface area contributed by atoms with E-state index >= 15 is 0 Å². The van der Waals surface area contributed by atoms with Crippen LogP contribution >= 0.6 is 0 Å². The Morgan fingerprint density at radius 2 is 1.41 bits per heavy atom. The highest BCUT2D eigenvalue weighted by molar-refractivity contribution is 5.82. The van der Waals surface area contributed by atoms with Crippen molar-refractivity contribution in [3.05, 3.63) is 29.8 Å². The molecule has 0 heterocycles. The molecule has 1 aromatic rings. The molecule has 2 amide bonds. The molecule has 2 N–H and O–H groups in total. The van der Waals surface area contributed by atoms with Crippen molar-refractivity contribution in [1.29, 1.82) is 0 Å². The summed E-state index contributed by atoms with van der Waals surface area (Å²) in [5.74, 6) is -0.0786. The average Bonchev–Trinajstić information content (AvgIpc) is 2.63. The first-order chi connectivity index (χ1) is 10.8. The Labute approximate surface area is 137 Å². The lowest BCUT2D eigenvalue weighted by molar-refractivity contribution is -0.120. The van der Waals surface area contributed by atoms with Gasteiger partial charge in [0.1, 0.15) is 0 Å². The van der Waals surface area contributed by atoms with E-state index in [4.69, 9.17) is 0 Å². The molecule has 0 aliphatic carbocycles. The molecule has 0 aliphatic heterocycles. The van der Waals surface area contributed by atoms with E-state index in [9.17, 15) is 9.59 Å². The van der Waals surface area contributed by atoms with Crippen molar-refractivity contribution < 1.29 is 9.59 Å². The summed E-state index contributed by atoms with van der Waals surface area (Å²) < 4.78 is 0. The van der Waals surface area contributed by atoms with E-state index in [-0.39, 0.29) is 12.3 Å². The second-order valence-corrected chi connectivity index (χ2v) is 2.77. The van der Waals surface area contributed by atoms with Gasteiger partial charge in [0.25, 0.3) is 0 Å². The fourth-order valence-corrected chi connectivity index (χ4v) is 1.14. The number of carbonyl (C=O) groups is 2. The summed E-state index contributed by atoms with van der Waals surface area (Å²) in [6.07, 6.45) is 0.871. The van der Waals surface area contributed by atoms with Crippen LogP contribution in [-0.4, -0.2) is 19.4 Å². The zero-order valence-electron chi connectivity index (χ0n) is 15.9. The number of hydrogen-bond acceptors (Lipinski definition) is 2. The minimum atomic E-state index is -0.0786. The van der Waals surface area contributed by atoms with Crippen molar-refractivity contribution in [1.82, 2.24) is 5.32 Å². The Hall–Kier alpha value is -1.84. The van der Waals surface area contributed by atoms with Crippen LogP contribution in [0, 0.1) is 0 Å². The lowest BCUT2D eigenvalue weighted by Crippen LogP contribution is -2.20. The predicted octanol–water partition coefficient (Wildman–Crippen LogP) is 4.65. The molecule has 0 aromatic heterocycles. The minimum Gasteiger partial charge on any atom is -0.359 e. The maximum atomic E-state index is 11.1. The van der Waals surface area contributed by atoms with Crippen molar-refractivity contribution >= 4 is 18.0 Å².